The molecule has 2 fully saturated rings. The van der Waals surface area contributed by atoms with Crippen molar-refractivity contribution in [2.24, 2.45) is 0 Å². The molecule has 4 aromatic rings. The topological polar surface area (TPSA) is 111 Å². The molecule has 9 nitrogen and oxygen atoms in total. The van der Waals surface area contributed by atoms with Gasteiger partial charge in [0.2, 0.25) is 5.95 Å². The van der Waals surface area contributed by atoms with E-state index in [2.05, 4.69) is 36.9 Å². The van der Waals surface area contributed by atoms with Crippen LogP contribution < -0.4 is 20.9 Å². The van der Waals surface area contributed by atoms with Gasteiger partial charge < -0.3 is 25.8 Å². The van der Waals surface area contributed by atoms with Crippen molar-refractivity contribution in [2.45, 2.75) is 38.5 Å². The molecule has 0 spiro atoms. The molecule has 0 radical (unpaired) electrons. The molecule has 190 valence electrons. The minimum Gasteiger partial charge on any atom is -0.368 e. The second-order valence-electron chi connectivity index (χ2n) is 9.89. The van der Waals surface area contributed by atoms with E-state index >= 15 is 0 Å². The van der Waals surface area contributed by atoms with Crippen LogP contribution in [0.2, 0.25) is 0 Å². The Morgan fingerprint density at radius 2 is 1.86 bits per heavy atom. The molecule has 1 saturated heterocycles. The van der Waals surface area contributed by atoms with Gasteiger partial charge in [-0.05, 0) is 49.6 Å². The number of H-pyrrole nitrogens is 1. The van der Waals surface area contributed by atoms with E-state index < -0.39 is 0 Å². The summed E-state index contributed by atoms with van der Waals surface area (Å²) < 4.78 is 0. The number of para-hydroxylation sites is 1. The molecule has 1 aromatic carbocycles. The molecule has 1 aliphatic carbocycles. The first-order valence-electron chi connectivity index (χ1n) is 13.1. The van der Waals surface area contributed by atoms with Gasteiger partial charge in [0.1, 0.15) is 17.2 Å². The van der Waals surface area contributed by atoms with Crippen molar-refractivity contribution in [1.82, 2.24) is 25.3 Å². The maximum absolute atomic E-state index is 13.1. The minimum absolute atomic E-state index is 0.190. The summed E-state index contributed by atoms with van der Waals surface area (Å²) in [5.74, 6) is 1.35. The molecule has 2 aliphatic rings. The molecule has 0 atom stereocenters. The standard InChI is InChI=1S/C28H32N8O/c1-18-6-2-5-9-22(18)32-27(37)23-16-21-25(19-7-3-4-8-19)34-28(35-26(21)31-23)33-24-11-10-20(17-30-24)36-14-12-29-13-15-36/h2,5-6,9-11,16-17,19,29H,3-4,7-8,12-15H2,1H3,(H,32,37)(H2,30,31,33,34,35). The van der Waals surface area contributed by atoms with Crippen LogP contribution >= 0.6 is 0 Å². The van der Waals surface area contributed by atoms with Gasteiger partial charge in [-0.2, -0.15) is 4.98 Å². The van der Waals surface area contributed by atoms with Crippen molar-refractivity contribution < 1.29 is 4.79 Å². The summed E-state index contributed by atoms with van der Waals surface area (Å²) in [4.78, 5) is 32.9. The van der Waals surface area contributed by atoms with E-state index in [1.807, 2.05) is 49.5 Å². The number of carbonyl (C=O) groups excluding carboxylic acids is 1. The van der Waals surface area contributed by atoms with Gasteiger partial charge in [-0.3, -0.25) is 4.79 Å². The smallest absolute Gasteiger partial charge is 0.272 e. The number of benzene rings is 1. The number of pyridine rings is 1. The number of rotatable bonds is 6. The van der Waals surface area contributed by atoms with Gasteiger partial charge in [-0.15, -0.1) is 0 Å². The Labute approximate surface area is 216 Å². The van der Waals surface area contributed by atoms with Gasteiger partial charge in [-0.1, -0.05) is 31.0 Å². The lowest BCUT2D eigenvalue weighted by Gasteiger charge is -2.29. The van der Waals surface area contributed by atoms with E-state index in [0.717, 1.165) is 67.0 Å². The van der Waals surface area contributed by atoms with Crippen LogP contribution in [-0.2, 0) is 0 Å². The first kappa shape index (κ1) is 23.4. The van der Waals surface area contributed by atoms with Crippen LogP contribution in [0.1, 0.15) is 53.3 Å². The van der Waals surface area contributed by atoms with Gasteiger partial charge in [0.15, 0.2) is 0 Å². The number of aromatic nitrogens is 4. The highest BCUT2D eigenvalue weighted by atomic mass is 16.1. The van der Waals surface area contributed by atoms with Gasteiger partial charge in [0.25, 0.3) is 5.91 Å². The predicted octanol–water partition coefficient (Wildman–Crippen LogP) is 4.72. The zero-order valence-electron chi connectivity index (χ0n) is 21.1. The fraction of sp³-hybridized carbons (Fsp3) is 0.357. The zero-order valence-corrected chi connectivity index (χ0v) is 21.1. The predicted molar refractivity (Wildman–Crippen MR) is 147 cm³/mol. The first-order valence-corrected chi connectivity index (χ1v) is 13.1. The quantitative estimate of drug-likeness (QED) is 0.306. The molecule has 1 amide bonds. The second-order valence-corrected chi connectivity index (χ2v) is 9.89. The largest absolute Gasteiger partial charge is 0.368 e. The van der Waals surface area contributed by atoms with Gasteiger partial charge in [-0.25, -0.2) is 9.97 Å². The Morgan fingerprint density at radius 1 is 1.05 bits per heavy atom. The Morgan fingerprint density at radius 3 is 2.62 bits per heavy atom. The summed E-state index contributed by atoms with van der Waals surface area (Å²) >= 11 is 0. The van der Waals surface area contributed by atoms with Gasteiger partial charge in [0.05, 0.1) is 17.6 Å². The summed E-state index contributed by atoms with van der Waals surface area (Å²) in [6.07, 6.45) is 6.48. The molecule has 1 saturated carbocycles. The van der Waals surface area contributed by atoms with Crippen molar-refractivity contribution in [3.8, 4) is 0 Å². The van der Waals surface area contributed by atoms with E-state index in [1.54, 1.807) is 0 Å². The maximum Gasteiger partial charge on any atom is 0.272 e. The lowest BCUT2D eigenvalue weighted by Crippen LogP contribution is -2.43. The molecule has 0 bridgehead atoms. The molecule has 3 aromatic heterocycles. The van der Waals surface area contributed by atoms with Crippen molar-refractivity contribution in [2.75, 3.05) is 41.7 Å². The fourth-order valence-electron chi connectivity index (χ4n) is 5.31. The summed E-state index contributed by atoms with van der Waals surface area (Å²) in [5, 5.41) is 10.6. The molecule has 9 heteroatoms. The minimum atomic E-state index is -0.190. The zero-order chi connectivity index (χ0) is 25.2. The number of aromatic amines is 1. The third kappa shape index (κ3) is 4.99. The average molecular weight is 497 g/mol. The van der Waals surface area contributed by atoms with E-state index in [0.29, 0.717) is 29.0 Å². The number of hydrogen-bond donors (Lipinski definition) is 4. The lowest BCUT2D eigenvalue weighted by atomic mass is 10.0. The van der Waals surface area contributed by atoms with Gasteiger partial charge >= 0.3 is 0 Å². The number of nitrogens with zero attached hydrogens (tertiary/aromatic N) is 4. The normalized spacial score (nSPS) is 16.3. The second kappa shape index (κ2) is 10.2. The molecular weight excluding hydrogens is 464 g/mol. The van der Waals surface area contributed by atoms with Crippen molar-refractivity contribution >= 4 is 40.1 Å². The fourth-order valence-corrected chi connectivity index (χ4v) is 5.31. The monoisotopic (exact) mass is 496 g/mol. The number of amides is 1. The van der Waals surface area contributed by atoms with Crippen LogP contribution in [0.15, 0.2) is 48.7 Å². The highest BCUT2D eigenvalue weighted by Gasteiger charge is 2.24. The molecular formula is C28H32N8O. The first-order chi connectivity index (χ1) is 18.1. The van der Waals surface area contributed by atoms with Crippen molar-refractivity contribution in [1.29, 1.82) is 0 Å². The van der Waals surface area contributed by atoms with E-state index in [4.69, 9.17) is 9.97 Å². The Kier molecular flexibility index (Phi) is 6.44. The third-order valence-corrected chi connectivity index (χ3v) is 7.37. The number of anilines is 4. The maximum atomic E-state index is 13.1. The summed E-state index contributed by atoms with van der Waals surface area (Å²) in [6, 6.07) is 13.7. The Bertz CT molecular complexity index is 1400. The van der Waals surface area contributed by atoms with E-state index in [9.17, 15) is 4.79 Å². The number of hydrogen-bond acceptors (Lipinski definition) is 7. The molecule has 37 heavy (non-hydrogen) atoms. The van der Waals surface area contributed by atoms with Crippen LogP contribution in [-0.4, -0.2) is 52.0 Å². The third-order valence-electron chi connectivity index (χ3n) is 7.37. The Balaban J connectivity index is 1.28. The summed E-state index contributed by atoms with van der Waals surface area (Å²) in [6.45, 7) is 5.90. The lowest BCUT2D eigenvalue weighted by molar-refractivity contribution is 0.102. The molecule has 0 unspecified atom stereocenters. The van der Waals surface area contributed by atoms with Crippen LogP contribution in [0.3, 0.4) is 0 Å². The van der Waals surface area contributed by atoms with Crippen molar-refractivity contribution in [3.05, 3.63) is 65.6 Å². The van der Waals surface area contributed by atoms with Crippen LogP contribution in [0, 0.1) is 6.92 Å². The van der Waals surface area contributed by atoms with Crippen LogP contribution in [0.25, 0.3) is 11.0 Å². The number of carbonyl (C=O) groups is 1. The SMILES string of the molecule is Cc1ccccc1NC(=O)c1cc2c(C3CCCC3)nc(Nc3ccc(N4CCNCC4)cn3)nc2[nH]1. The summed E-state index contributed by atoms with van der Waals surface area (Å²) in [5.41, 5.74) is 5.05. The molecule has 1 aliphatic heterocycles. The number of piperazine rings is 1. The van der Waals surface area contributed by atoms with Crippen LogP contribution in [0.5, 0.6) is 0 Å². The summed E-state index contributed by atoms with van der Waals surface area (Å²) in [7, 11) is 0. The molecule has 4 N–H and O–H groups in total. The van der Waals surface area contributed by atoms with E-state index in [1.165, 1.54) is 12.8 Å². The van der Waals surface area contributed by atoms with Crippen molar-refractivity contribution in [3.63, 3.8) is 0 Å². The van der Waals surface area contributed by atoms with Crippen LogP contribution in [0.4, 0.5) is 23.1 Å². The molecule has 4 heterocycles. The average Bonchev–Trinajstić information content (AvgIpc) is 3.61. The number of nitrogens with one attached hydrogen (secondary N) is 4. The Hall–Kier alpha value is -3.98. The highest BCUT2D eigenvalue weighted by molar-refractivity contribution is 6.06. The highest BCUT2D eigenvalue weighted by Crippen LogP contribution is 2.37. The van der Waals surface area contributed by atoms with Gasteiger partial charge in [0, 0.05) is 43.2 Å². The van der Waals surface area contributed by atoms with E-state index in [-0.39, 0.29) is 5.91 Å². The number of fused-ring (bicyclic) bond motifs is 1. The molecule has 6 rings (SSSR count). The number of aryl methyl sites for hydroxylation is 1.